The molecule has 3 rings (SSSR count). The summed E-state index contributed by atoms with van der Waals surface area (Å²) in [6, 6.07) is 5.79. The Balaban J connectivity index is 0.000001000. The molecule has 1 N–H and O–H groups in total. The van der Waals surface area contributed by atoms with Gasteiger partial charge in [-0.15, -0.1) is 24.8 Å². The quantitative estimate of drug-likeness (QED) is 0.733. The van der Waals surface area contributed by atoms with Crippen LogP contribution in [0.25, 0.3) is 0 Å². The third kappa shape index (κ3) is 4.19. The second-order valence-corrected chi connectivity index (χ2v) is 6.48. The van der Waals surface area contributed by atoms with Crippen LogP contribution in [0.4, 0.5) is 4.39 Å². The molecule has 6 heteroatoms. The molecular formula is C14H20Cl2FIN2. The van der Waals surface area contributed by atoms with Crippen LogP contribution in [-0.4, -0.2) is 31.1 Å². The summed E-state index contributed by atoms with van der Waals surface area (Å²) in [6.07, 6.45) is 2.50. The highest BCUT2D eigenvalue weighted by Gasteiger charge is 2.38. The first kappa shape index (κ1) is 18.4. The van der Waals surface area contributed by atoms with E-state index in [2.05, 4.69) is 32.8 Å². The Morgan fingerprint density at radius 2 is 1.85 bits per heavy atom. The number of halogens is 4. The van der Waals surface area contributed by atoms with Gasteiger partial charge >= 0.3 is 0 Å². The summed E-state index contributed by atoms with van der Waals surface area (Å²) in [7, 11) is 0. The van der Waals surface area contributed by atoms with Crippen molar-refractivity contribution >= 4 is 47.4 Å². The minimum absolute atomic E-state index is 0. The minimum atomic E-state index is -0.0363. The molecule has 1 heterocycles. The molecule has 114 valence electrons. The van der Waals surface area contributed by atoms with E-state index in [1.54, 1.807) is 6.07 Å². The summed E-state index contributed by atoms with van der Waals surface area (Å²) >= 11 is 2.27. The summed E-state index contributed by atoms with van der Waals surface area (Å²) in [6.45, 7) is 4.11. The van der Waals surface area contributed by atoms with Crippen LogP contribution in [0.1, 0.15) is 24.4 Å². The molecule has 1 aromatic rings. The van der Waals surface area contributed by atoms with E-state index in [4.69, 9.17) is 0 Å². The van der Waals surface area contributed by atoms with Crippen molar-refractivity contribution in [3.8, 4) is 0 Å². The molecule has 0 unspecified atom stereocenters. The third-order valence-electron chi connectivity index (χ3n) is 3.89. The number of rotatable bonds is 3. The van der Waals surface area contributed by atoms with Crippen molar-refractivity contribution in [1.29, 1.82) is 0 Å². The van der Waals surface area contributed by atoms with Crippen molar-refractivity contribution in [2.45, 2.75) is 18.9 Å². The predicted molar refractivity (Wildman–Crippen MR) is 93.5 cm³/mol. The maximum absolute atomic E-state index is 14.1. The Morgan fingerprint density at radius 1 is 1.20 bits per heavy atom. The monoisotopic (exact) mass is 432 g/mol. The fraction of sp³-hybridized carbons (Fsp3) is 0.571. The Hall–Kier alpha value is 0.380. The minimum Gasteiger partial charge on any atom is -0.314 e. The van der Waals surface area contributed by atoms with E-state index < -0.39 is 0 Å². The average Bonchev–Trinajstić information content (AvgIpc) is 3.20. The SMILES string of the molecule is Cl.Cl.Fc1ccc(I)cc1[C@@H](C1CC1)N1CCNCC1. The van der Waals surface area contributed by atoms with Crippen LogP contribution in [0, 0.1) is 15.3 Å². The van der Waals surface area contributed by atoms with Crippen LogP contribution in [0.15, 0.2) is 18.2 Å². The van der Waals surface area contributed by atoms with Crippen LogP contribution >= 0.6 is 47.4 Å². The number of nitrogens with one attached hydrogen (secondary N) is 1. The zero-order valence-corrected chi connectivity index (χ0v) is 14.9. The van der Waals surface area contributed by atoms with Crippen molar-refractivity contribution < 1.29 is 4.39 Å². The highest BCUT2D eigenvalue weighted by molar-refractivity contribution is 14.1. The largest absolute Gasteiger partial charge is 0.314 e. The molecule has 0 amide bonds. The van der Waals surface area contributed by atoms with Gasteiger partial charge in [-0.25, -0.2) is 4.39 Å². The molecule has 1 aliphatic heterocycles. The topological polar surface area (TPSA) is 15.3 Å². The molecular weight excluding hydrogens is 413 g/mol. The fourth-order valence-electron chi connectivity index (χ4n) is 2.86. The molecule has 2 nitrogen and oxygen atoms in total. The highest BCUT2D eigenvalue weighted by atomic mass is 127. The normalized spacial score (nSPS) is 20.7. The Bertz CT molecular complexity index is 437. The summed E-state index contributed by atoms with van der Waals surface area (Å²) in [5, 5.41) is 3.37. The van der Waals surface area contributed by atoms with Crippen LogP contribution in [0.2, 0.25) is 0 Å². The summed E-state index contributed by atoms with van der Waals surface area (Å²) in [5.41, 5.74) is 0.909. The Morgan fingerprint density at radius 3 is 2.45 bits per heavy atom. The van der Waals surface area contributed by atoms with E-state index in [9.17, 15) is 4.39 Å². The molecule has 1 saturated carbocycles. The van der Waals surface area contributed by atoms with Gasteiger partial charge in [-0.1, -0.05) is 0 Å². The average molecular weight is 433 g/mol. The van der Waals surface area contributed by atoms with E-state index in [-0.39, 0.29) is 30.6 Å². The van der Waals surface area contributed by atoms with Gasteiger partial charge in [0.25, 0.3) is 0 Å². The summed E-state index contributed by atoms with van der Waals surface area (Å²) < 4.78 is 15.2. The van der Waals surface area contributed by atoms with Gasteiger partial charge in [-0.05, 0) is 59.5 Å². The second kappa shape index (κ2) is 8.13. The van der Waals surface area contributed by atoms with Crippen molar-refractivity contribution in [1.82, 2.24) is 10.2 Å². The lowest BCUT2D eigenvalue weighted by Crippen LogP contribution is -2.45. The fourth-order valence-corrected chi connectivity index (χ4v) is 3.38. The first-order valence-corrected chi connectivity index (χ1v) is 7.73. The Kier molecular flexibility index (Phi) is 7.49. The number of benzene rings is 1. The van der Waals surface area contributed by atoms with Crippen LogP contribution in [0.5, 0.6) is 0 Å². The van der Waals surface area contributed by atoms with Gasteiger partial charge in [0.05, 0.1) is 0 Å². The van der Waals surface area contributed by atoms with E-state index >= 15 is 0 Å². The molecule has 1 aliphatic carbocycles. The van der Waals surface area contributed by atoms with Crippen molar-refractivity contribution in [3.63, 3.8) is 0 Å². The first-order chi connectivity index (χ1) is 8.75. The predicted octanol–water partition coefficient (Wildman–Crippen LogP) is 3.63. The molecule has 1 saturated heterocycles. The van der Waals surface area contributed by atoms with Gasteiger partial charge in [0.2, 0.25) is 0 Å². The van der Waals surface area contributed by atoms with Gasteiger partial charge in [0.15, 0.2) is 0 Å². The van der Waals surface area contributed by atoms with Crippen LogP contribution in [-0.2, 0) is 0 Å². The summed E-state index contributed by atoms with van der Waals surface area (Å²) in [4.78, 5) is 2.46. The van der Waals surface area contributed by atoms with Gasteiger partial charge in [0, 0.05) is 41.4 Å². The van der Waals surface area contributed by atoms with Crippen LogP contribution in [0.3, 0.4) is 0 Å². The van der Waals surface area contributed by atoms with E-state index in [1.165, 1.54) is 12.8 Å². The van der Waals surface area contributed by atoms with Crippen molar-refractivity contribution in [2.24, 2.45) is 5.92 Å². The molecule has 0 aromatic heterocycles. The van der Waals surface area contributed by atoms with E-state index in [0.29, 0.717) is 12.0 Å². The van der Waals surface area contributed by atoms with Crippen LogP contribution < -0.4 is 5.32 Å². The molecule has 0 bridgehead atoms. The smallest absolute Gasteiger partial charge is 0.128 e. The Labute approximate surface area is 145 Å². The molecule has 2 fully saturated rings. The molecule has 1 atom stereocenters. The zero-order chi connectivity index (χ0) is 12.5. The first-order valence-electron chi connectivity index (χ1n) is 6.65. The molecule has 20 heavy (non-hydrogen) atoms. The molecule has 0 radical (unpaired) electrons. The maximum Gasteiger partial charge on any atom is 0.128 e. The molecule has 1 aromatic carbocycles. The maximum atomic E-state index is 14.1. The van der Waals surface area contributed by atoms with Gasteiger partial charge < -0.3 is 5.32 Å². The lowest BCUT2D eigenvalue weighted by molar-refractivity contribution is 0.153. The van der Waals surface area contributed by atoms with Gasteiger partial charge in [-0.3, -0.25) is 4.90 Å². The number of hydrogen-bond acceptors (Lipinski definition) is 2. The third-order valence-corrected chi connectivity index (χ3v) is 4.56. The number of nitrogens with zero attached hydrogens (tertiary/aromatic N) is 1. The van der Waals surface area contributed by atoms with Crippen molar-refractivity contribution in [3.05, 3.63) is 33.1 Å². The molecule has 0 spiro atoms. The van der Waals surface area contributed by atoms with E-state index in [0.717, 1.165) is 35.3 Å². The van der Waals surface area contributed by atoms with Gasteiger partial charge in [-0.2, -0.15) is 0 Å². The zero-order valence-electron chi connectivity index (χ0n) is 11.1. The molecule has 2 aliphatic rings. The standard InChI is InChI=1S/C14H18FIN2.2ClH/c15-13-4-3-11(16)9-12(13)14(10-1-2-10)18-7-5-17-6-8-18;;/h3-4,9-10,14,17H,1-2,5-8H2;2*1H/t14-;;/m1../s1. The number of hydrogen-bond donors (Lipinski definition) is 1. The lowest BCUT2D eigenvalue weighted by Gasteiger charge is -2.35. The lowest BCUT2D eigenvalue weighted by atomic mass is 9.99. The highest BCUT2D eigenvalue weighted by Crippen LogP contribution is 2.45. The second-order valence-electron chi connectivity index (χ2n) is 5.23. The van der Waals surface area contributed by atoms with E-state index in [1.807, 2.05) is 12.1 Å². The number of piperazine rings is 1. The van der Waals surface area contributed by atoms with Gasteiger partial charge in [0.1, 0.15) is 5.82 Å². The van der Waals surface area contributed by atoms with Crippen molar-refractivity contribution in [2.75, 3.05) is 26.2 Å². The summed E-state index contributed by atoms with van der Waals surface area (Å²) in [5.74, 6) is 0.627.